The molecule has 6 heteroatoms. The van der Waals surface area contributed by atoms with Crippen LogP contribution in [0.2, 0.25) is 0 Å². The molecule has 0 bridgehead atoms. The van der Waals surface area contributed by atoms with Gasteiger partial charge in [0.05, 0.1) is 5.69 Å². The van der Waals surface area contributed by atoms with Crippen LogP contribution in [0.3, 0.4) is 0 Å². The Hall–Kier alpha value is -2.83. The number of fused-ring (bicyclic) bond motifs is 1. The Labute approximate surface area is 171 Å². The van der Waals surface area contributed by atoms with Gasteiger partial charge in [-0.25, -0.2) is 9.97 Å². The molecule has 2 N–H and O–H groups in total. The van der Waals surface area contributed by atoms with Crippen molar-refractivity contribution in [2.24, 2.45) is 0 Å². The van der Waals surface area contributed by atoms with Gasteiger partial charge in [0.15, 0.2) is 5.82 Å². The molecule has 0 amide bonds. The van der Waals surface area contributed by atoms with Gasteiger partial charge in [0.1, 0.15) is 5.82 Å². The number of aromatic nitrogens is 3. The Kier molecular flexibility index (Phi) is 5.19. The highest BCUT2D eigenvalue weighted by Crippen LogP contribution is 2.27. The van der Waals surface area contributed by atoms with Gasteiger partial charge in [-0.2, -0.15) is 0 Å². The van der Waals surface area contributed by atoms with Gasteiger partial charge in [-0.05, 0) is 30.5 Å². The molecule has 0 saturated carbocycles. The van der Waals surface area contributed by atoms with E-state index >= 15 is 0 Å². The average molecular weight is 387 g/mol. The van der Waals surface area contributed by atoms with Gasteiger partial charge in [0, 0.05) is 62.3 Å². The van der Waals surface area contributed by atoms with Crippen molar-refractivity contribution in [2.45, 2.75) is 38.5 Å². The molecule has 6 nitrogen and oxygen atoms in total. The van der Waals surface area contributed by atoms with Gasteiger partial charge in [-0.3, -0.25) is 9.88 Å². The lowest BCUT2D eigenvalue weighted by molar-refractivity contribution is 0.211. The second-order valence-corrected chi connectivity index (χ2v) is 7.85. The van der Waals surface area contributed by atoms with Crippen LogP contribution in [-0.4, -0.2) is 39.0 Å². The van der Waals surface area contributed by atoms with Crippen molar-refractivity contribution in [1.29, 1.82) is 0 Å². The minimum atomic E-state index is 0.448. The standard InChI is InChI=1S/C23H26N6/c1-2-5-17(6-3-1)16-29-11-8-19(9-12-29)26-23-20-14-25-15-21(20)27-22(28-23)18-7-4-10-24-13-18/h1-7,10,13,19,25H,8-9,11-12,14-16H2,(H,26,27,28). The summed E-state index contributed by atoms with van der Waals surface area (Å²) in [7, 11) is 0. The van der Waals surface area contributed by atoms with Gasteiger partial charge in [-0.1, -0.05) is 30.3 Å². The number of benzene rings is 1. The van der Waals surface area contributed by atoms with E-state index in [4.69, 9.17) is 9.97 Å². The zero-order valence-corrected chi connectivity index (χ0v) is 16.5. The van der Waals surface area contributed by atoms with E-state index in [1.165, 1.54) is 11.1 Å². The first-order valence-electron chi connectivity index (χ1n) is 10.4. The number of nitrogens with zero attached hydrogens (tertiary/aromatic N) is 4. The number of pyridine rings is 1. The Morgan fingerprint density at radius 1 is 1.00 bits per heavy atom. The maximum absolute atomic E-state index is 4.88. The molecule has 0 atom stereocenters. The van der Waals surface area contributed by atoms with E-state index in [1.807, 2.05) is 18.3 Å². The van der Waals surface area contributed by atoms with Crippen LogP contribution in [0.1, 0.15) is 29.7 Å². The van der Waals surface area contributed by atoms with Gasteiger partial charge in [-0.15, -0.1) is 0 Å². The molecule has 148 valence electrons. The lowest BCUT2D eigenvalue weighted by Crippen LogP contribution is -2.39. The summed E-state index contributed by atoms with van der Waals surface area (Å²) < 4.78 is 0. The fourth-order valence-corrected chi connectivity index (χ4v) is 4.18. The number of rotatable bonds is 5. The van der Waals surface area contributed by atoms with Gasteiger partial charge < -0.3 is 10.6 Å². The Bertz CT molecular complexity index is 952. The molecular weight excluding hydrogens is 360 g/mol. The first-order valence-corrected chi connectivity index (χ1v) is 10.4. The van der Waals surface area contributed by atoms with Crippen LogP contribution in [0.15, 0.2) is 54.9 Å². The van der Waals surface area contributed by atoms with Crippen molar-refractivity contribution in [2.75, 3.05) is 18.4 Å². The summed E-state index contributed by atoms with van der Waals surface area (Å²) in [6.45, 7) is 4.87. The second-order valence-electron chi connectivity index (χ2n) is 7.85. The van der Waals surface area contributed by atoms with E-state index in [9.17, 15) is 0 Å². The molecule has 2 aliphatic heterocycles. The summed E-state index contributed by atoms with van der Waals surface area (Å²) >= 11 is 0. The van der Waals surface area contributed by atoms with Crippen molar-refractivity contribution in [1.82, 2.24) is 25.2 Å². The van der Waals surface area contributed by atoms with Crippen LogP contribution in [0.5, 0.6) is 0 Å². The van der Waals surface area contributed by atoms with Crippen molar-refractivity contribution < 1.29 is 0 Å². The summed E-state index contributed by atoms with van der Waals surface area (Å²) in [6.07, 6.45) is 5.86. The Morgan fingerprint density at radius 3 is 2.66 bits per heavy atom. The van der Waals surface area contributed by atoms with Crippen LogP contribution in [0.25, 0.3) is 11.4 Å². The first-order chi connectivity index (χ1) is 14.3. The molecule has 2 aliphatic rings. The monoisotopic (exact) mass is 386 g/mol. The number of likely N-dealkylation sites (tertiary alicyclic amines) is 1. The highest BCUT2D eigenvalue weighted by atomic mass is 15.2. The Balaban J connectivity index is 1.28. The number of anilines is 1. The maximum Gasteiger partial charge on any atom is 0.163 e. The topological polar surface area (TPSA) is 66.0 Å². The third-order valence-corrected chi connectivity index (χ3v) is 5.78. The normalized spacial score (nSPS) is 17.2. The molecular formula is C23H26N6. The van der Waals surface area contributed by atoms with Gasteiger partial charge in [0.25, 0.3) is 0 Å². The SMILES string of the molecule is c1ccc(CN2CCC(Nc3nc(-c4cccnc4)nc4c3CNC4)CC2)cc1. The number of hydrogen-bond donors (Lipinski definition) is 2. The summed E-state index contributed by atoms with van der Waals surface area (Å²) in [4.78, 5) is 16.4. The van der Waals surface area contributed by atoms with Crippen molar-refractivity contribution in [3.05, 3.63) is 71.7 Å². The molecule has 1 fully saturated rings. The molecule has 0 radical (unpaired) electrons. The zero-order chi connectivity index (χ0) is 19.5. The summed E-state index contributed by atoms with van der Waals surface area (Å²) in [5.41, 5.74) is 4.66. The van der Waals surface area contributed by atoms with E-state index in [0.717, 1.165) is 68.5 Å². The van der Waals surface area contributed by atoms with Crippen molar-refractivity contribution in [3.8, 4) is 11.4 Å². The lowest BCUT2D eigenvalue weighted by Gasteiger charge is -2.33. The van der Waals surface area contributed by atoms with E-state index < -0.39 is 0 Å². The third kappa shape index (κ3) is 4.13. The quantitative estimate of drug-likeness (QED) is 0.702. The number of nitrogens with one attached hydrogen (secondary N) is 2. The smallest absolute Gasteiger partial charge is 0.163 e. The van der Waals surface area contributed by atoms with Gasteiger partial charge >= 0.3 is 0 Å². The zero-order valence-electron chi connectivity index (χ0n) is 16.5. The summed E-state index contributed by atoms with van der Waals surface area (Å²) in [5, 5.41) is 7.15. The highest BCUT2D eigenvalue weighted by Gasteiger charge is 2.24. The predicted octanol–water partition coefficient (Wildman–Crippen LogP) is 3.22. The highest BCUT2D eigenvalue weighted by molar-refractivity contribution is 5.60. The molecule has 5 rings (SSSR count). The van der Waals surface area contributed by atoms with Crippen LogP contribution in [0.4, 0.5) is 5.82 Å². The number of hydrogen-bond acceptors (Lipinski definition) is 6. The van der Waals surface area contributed by atoms with E-state index in [2.05, 4.69) is 50.8 Å². The average Bonchev–Trinajstić information content (AvgIpc) is 3.26. The van der Waals surface area contributed by atoms with Crippen molar-refractivity contribution in [3.63, 3.8) is 0 Å². The molecule has 1 aromatic carbocycles. The first kappa shape index (κ1) is 18.2. The van der Waals surface area contributed by atoms with Crippen molar-refractivity contribution >= 4 is 5.82 Å². The van der Waals surface area contributed by atoms with Crippen LogP contribution in [0, 0.1) is 0 Å². The third-order valence-electron chi connectivity index (χ3n) is 5.78. The van der Waals surface area contributed by atoms with E-state index in [0.29, 0.717) is 6.04 Å². The molecule has 4 heterocycles. The summed E-state index contributed by atoms with van der Waals surface area (Å²) in [6, 6.07) is 15.1. The second kappa shape index (κ2) is 8.27. The summed E-state index contributed by atoms with van der Waals surface area (Å²) in [5.74, 6) is 1.74. The molecule has 2 aromatic heterocycles. The minimum Gasteiger partial charge on any atom is -0.367 e. The molecule has 0 unspecified atom stereocenters. The molecule has 1 saturated heterocycles. The predicted molar refractivity (Wildman–Crippen MR) is 114 cm³/mol. The molecule has 0 spiro atoms. The Morgan fingerprint density at radius 2 is 1.86 bits per heavy atom. The largest absolute Gasteiger partial charge is 0.367 e. The lowest BCUT2D eigenvalue weighted by atomic mass is 10.0. The van der Waals surface area contributed by atoms with Crippen LogP contribution >= 0.6 is 0 Å². The van der Waals surface area contributed by atoms with E-state index in [-0.39, 0.29) is 0 Å². The minimum absolute atomic E-state index is 0.448. The van der Waals surface area contributed by atoms with Crippen LogP contribution in [-0.2, 0) is 19.6 Å². The molecule has 3 aromatic rings. The molecule has 0 aliphatic carbocycles. The fraction of sp³-hybridized carbons (Fsp3) is 0.348. The maximum atomic E-state index is 4.88. The number of piperidine rings is 1. The van der Waals surface area contributed by atoms with Crippen LogP contribution < -0.4 is 10.6 Å². The fourth-order valence-electron chi connectivity index (χ4n) is 4.18. The molecule has 29 heavy (non-hydrogen) atoms. The van der Waals surface area contributed by atoms with Gasteiger partial charge in [0.2, 0.25) is 0 Å². The van der Waals surface area contributed by atoms with E-state index in [1.54, 1.807) is 6.20 Å².